The Morgan fingerprint density at radius 1 is 1.12 bits per heavy atom. The van der Waals surface area contributed by atoms with Crippen molar-refractivity contribution in [1.82, 2.24) is 0 Å². The fraction of sp³-hybridized carbons (Fsp3) is 0.467. The lowest BCUT2D eigenvalue weighted by molar-refractivity contribution is 0.392. The Bertz CT molecular complexity index is 426. The molecule has 0 saturated heterocycles. The van der Waals surface area contributed by atoms with Crippen LogP contribution in [0.25, 0.3) is 0 Å². The second-order valence-electron chi connectivity index (χ2n) is 4.08. The zero-order valence-corrected chi connectivity index (χ0v) is 11.2. The van der Waals surface area contributed by atoms with Gasteiger partial charge in [0.05, 0.1) is 14.2 Å². The molecule has 1 rings (SSSR count). The molecule has 17 heavy (non-hydrogen) atoms. The van der Waals surface area contributed by atoms with Crippen LogP contribution in [0.1, 0.15) is 32.3 Å². The van der Waals surface area contributed by atoms with Crippen molar-refractivity contribution in [2.75, 3.05) is 14.2 Å². The average Bonchev–Trinajstić information content (AvgIpc) is 2.37. The van der Waals surface area contributed by atoms with E-state index in [2.05, 4.69) is 25.7 Å². The van der Waals surface area contributed by atoms with E-state index in [4.69, 9.17) is 9.47 Å². The monoisotopic (exact) mass is 232 g/mol. The summed E-state index contributed by atoms with van der Waals surface area (Å²) in [7, 11) is 3.36. The van der Waals surface area contributed by atoms with Crippen molar-refractivity contribution in [3.05, 3.63) is 23.8 Å². The van der Waals surface area contributed by atoms with E-state index < -0.39 is 0 Å². The first kappa shape index (κ1) is 13.4. The summed E-state index contributed by atoms with van der Waals surface area (Å²) in [6.45, 7) is 6.15. The molecule has 0 amide bonds. The van der Waals surface area contributed by atoms with Crippen LogP contribution in [0.2, 0.25) is 0 Å². The quantitative estimate of drug-likeness (QED) is 0.740. The minimum atomic E-state index is 0.293. The molecular formula is C15H20O2. The lowest BCUT2D eigenvalue weighted by Crippen LogP contribution is -2.06. The second kappa shape index (κ2) is 6.20. The number of methoxy groups -OCH3 is 2. The van der Waals surface area contributed by atoms with Crippen LogP contribution in [-0.4, -0.2) is 14.2 Å². The molecule has 0 N–H and O–H groups in total. The predicted octanol–water partition coefficient (Wildman–Crippen LogP) is 3.47. The van der Waals surface area contributed by atoms with Gasteiger partial charge in [-0.15, -0.1) is 5.92 Å². The first-order chi connectivity index (χ1) is 8.13. The molecule has 0 radical (unpaired) electrons. The molecule has 0 saturated carbocycles. The molecule has 0 aliphatic heterocycles. The molecule has 0 aliphatic carbocycles. The molecule has 0 fully saturated rings. The van der Waals surface area contributed by atoms with Crippen LogP contribution in [-0.2, 0) is 0 Å². The van der Waals surface area contributed by atoms with Gasteiger partial charge in [0.15, 0.2) is 0 Å². The Kier molecular flexibility index (Phi) is 4.90. The van der Waals surface area contributed by atoms with E-state index in [1.165, 1.54) is 0 Å². The average molecular weight is 232 g/mol. The van der Waals surface area contributed by atoms with Gasteiger partial charge in [-0.3, -0.25) is 0 Å². The normalized spacial score (nSPS) is 13.2. The van der Waals surface area contributed by atoms with Crippen molar-refractivity contribution < 1.29 is 9.47 Å². The Morgan fingerprint density at radius 3 is 2.35 bits per heavy atom. The molecule has 0 aromatic heterocycles. The number of ether oxygens (including phenoxy) is 2. The smallest absolute Gasteiger partial charge is 0.122 e. The Labute approximate surface area is 104 Å². The van der Waals surface area contributed by atoms with E-state index in [9.17, 15) is 0 Å². The van der Waals surface area contributed by atoms with Gasteiger partial charge in [-0.25, -0.2) is 0 Å². The number of hydrogen-bond acceptors (Lipinski definition) is 2. The van der Waals surface area contributed by atoms with Gasteiger partial charge in [0, 0.05) is 11.5 Å². The summed E-state index contributed by atoms with van der Waals surface area (Å²) in [5.74, 6) is 8.50. The number of benzene rings is 1. The summed E-state index contributed by atoms with van der Waals surface area (Å²) in [6, 6.07) is 5.87. The summed E-state index contributed by atoms with van der Waals surface area (Å²) in [6.07, 6.45) is 0. The largest absolute Gasteiger partial charge is 0.497 e. The topological polar surface area (TPSA) is 18.5 Å². The van der Waals surface area contributed by atoms with E-state index >= 15 is 0 Å². The van der Waals surface area contributed by atoms with Crippen LogP contribution in [0.5, 0.6) is 11.5 Å². The van der Waals surface area contributed by atoms with Crippen molar-refractivity contribution in [3.63, 3.8) is 0 Å². The maximum atomic E-state index is 5.39. The summed E-state index contributed by atoms with van der Waals surface area (Å²) in [5.41, 5.74) is 1.14. The summed E-state index contributed by atoms with van der Waals surface area (Å²) >= 11 is 0. The van der Waals surface area contributed by atoms with Crippen LogP contribution in [0.3, 0.4) is 0 Å². The predicted molar refractivity (Wildman–Crippen MR) is 70.6 cm³/mol. The summed E-state index contributed by atoms with van der Waals surface area (Å²) in [4.78, 5) is 0. The van der Waals surface area contributed by atoms with Gasteiger partial charge in [-0.05, 0) is 31.0 Å². The highest BCUT2D eigenvalue weighted by Crippen LogP contribution is 2.34. The van der Waals surface area contributed by atoms with Gasteiger partial charge in [-0.2, -0.15) is 0 Å². The molecule has 2 nitrogen and oxygen atoms in total. The first-order valence-electron chi connectivity index (χ1n) is 5.78. The molecule has 2 unspecified atom stereocenters. The molecule has 1 aromatic carbocycles. The van der Waals surface area contributed by atoms with Crippen LogP contribution in [0.4, 0.5) is 0 Å². The lowest BCUT2D eigenvalue weighted by Gasteiger charge is -2.19. The van der Waals surface area contributed by atoms with Crippen molar-refractivity contribution in [2.24, 2.45) is 5.92 Å². The van der Waals surface area contributed by atoms with Crippen molar-refractivity contribution in [3.8, 4) is 23.3 Å². The first-order valence-corrected chi connectivity index (χ1v) is 5.78. The summed E-state index contributed by atoms with van der Waals surface area (Å²) < 4.78 is 10.6. The minimum Gasteiger partial charge on any atom is -0.497 e. The number of hydrogen-bond donors (Lipinski definition) is 0. The molecule has 0 aliphatic rings. The maximum Gasteiger partial charge on any atom is 0.122 e. The maximum absolute atomic E-state index is 5.39. The van der Waals surface area contributed by atoms with E-state index in [-0.39, 0.29) is 0 Å². The summed E-state index contributed by atoms with van der Waals surface area (Å²) in [5, 5.41) is 0. The highest BCUT2D eigenvalue weighted by molar-refractivity contribution is 5.43. The zero-order valence-electron chi connectivity index (χ0n) is 11.2. The van der Waals surface area contributed by atoms with Crippen LogP contribution in [0.15, 0.2) is 18.2 Å². The minimum absolute atomic E-state index is 0.293. The fourth-order valence-electron chi connectivity index (χ4n) is 1.82. The third kappa shape index (κ3) is 3.17. The fourth-order valence-corrected chi connectivity index (χ4v) is 1.82. The highest BCUT2D eigenvalue weighted by Gasteiger charge is 2.17. The second-order valence-corrected chi connectivity index (χ2v) is 4.08. The van der Waals surface area contributed by atoms with Crippen LogP contribution in [0, 0.1) is 17.8 Å². The Hall–Kier alpha value is -1.62. The molecule has 2 atom stereocenters. The van der Waals surface area contributed by atoms with Crippen LogP contribution < -0.4 is 9.47 Å². The molecule has 2 heteroatoms. The molecule has 0 spiro atoms. The lowest BCUT2D eigenvalue weighted by atomic mass is 9.88. The van der Waals surface area contributed by atoms with E-state index in [1.807, 2.05) is 25.1 Å². The van der Waals surface area contributed by atoms with Gasteiger partial charge in [0.25, 0.3) is 0 Å². The van der Waals surface area contributed by atoms with E-state index in [0.717, 1.165) is 17.1 Å². The molecule has 1 aromatic rings. The molecule has 0 bridgehead atoms. The van der Waals surface area contributed by atoms with Gasteiger partial charge < -0.3 is 9.47 Å². The van der Waals surface area contributed by atoms with Crippen molar-refractivity contribution >= 4 is 0 Å². The Morgan fingerprint density at radius 2 is 1.82 bits per heavy atom. The van der Waals surface area contributed by atoms with Gasteiger partial charge in [0.2, 0.25) is 0 Å². The van der Waals surface area contributed by atoms with Crippen molar-refractivity contribution in [1.29, 1.82) is 0 Å². The third-order valence-electron chi connectivity index (χ3n) is 3.05. The SMILES string of the molecule is CC#CC(C)C(C)c1cc(OC)ccc1OC. The van der Waals surface area contributed by atoms with Gasteiger partial charge in [-0.1, -0.05) is 19.8 Å². The molecular weight excluding hydrogens is 212 g/mol. The molecule has 92 valence electrons. The van der Waals surface area contributed by atoms with E-state index in [1.54, 1.807) is 14.2 Å². The third-order valence-corrected chi connectivity index (χ3v) is 3.05. The molecule has 0 heterocycles. The van der Waals surface area contributed by atoms with E-state index in [0.29, 0.717) is 11.8 Å². The van der Waals surface area contributed by atoms with Gasteiger partial charge in [0.1, 0.15) is 11.5 Å². The zero-order chi connectivity index (χ0) is 12.8. The highest BCUT2D eigenvalue weighted by atomic mass is 16.5. The van der Waals surface area contributed by atoms with Gasteiger partial charge >= 0.3 is 0 Å². The van der Waals surface area contributed by atoms with Crippen LogP contribution >= 0.6 is 0 Å². The Balaban J connectivity index is 3.11. The van der Waals surface area contributed by atoms with Crippen molar-refractivity contribution in [2.45, 2.75) is 26.7 Å². The standard InChI is InChI=1S/C15H20O2/c1-6-7-11(2)12(3)14-10-13(16-4)8-9-15(14)17-5/h8-12H,1-5H3. The number of rotatable bonds is 4.